The van der Waals surface area contributed by atoms with Gasteiger partial charge in [0, 0.05) is 32.7 Å². The van der Waals surface area contributed by atoms with Gasteiger partial charge in [0.1, 0.15) is 0 Å². The van der Waals surface area contributed by atoms with Crippen molar-refractivity contribution in [1.29, 1.82) is 0 Å². The third kappa shape index (κ3) is 5.36. The lowest BCUT2D eigenvalue weighted by atomic mass is 10.1. The van der Waals surface area contributed by atoms with Gasteiger partial charge in [-0.2, -0.15) is 4.31 Å². The molecule has 0 unspecified atom stereocenters. The van der Waals surface area contributed by atoms with Gasteiger partial charge in [0.05, 0.1) is 4.90 Å². The van der Waals surface area contributed by atoms with E-state index in [4.69, 9.17) is 0 Å². The Morgan fingerprint density at radius 1 is 1.00 bits per heavy atom. The van der Waals surface area contributed by atoms with Gasteiger partial charge in [0.2, 0.25) is 10.0 Å². The van der Waals surface area contributed by atoms with Crippen LogP contribution in [0.25, 0.3) is 0 Å². The molecule has 0 spiro atoms. The molecule has 0 atom stereocenters. The van der Waals surface area contributed by atoms with E-state index in [0.29, 0.717) is 37.6 Å². The van der Waals surface area contributed by atoms with Gasteiger partial charge in [0.15, 0.2) is 0 Å². The molecule has 0 bridgehead atoms. The molecule has 0 aromatic heterocycles. The Bertz CT molecular complexity index is 937. The van der Waals surface area contributed by atoms with Crippen molar-refractivity contribution < 1.29 is 13.2 Å². The molecule has 7 heteroatoms. The predicted octanol–water partition coefficient (Wildman–Crippen LogP) is 2.95. The number of hydrogen-bond donors (Lipinski definition) is 1. The Morgan fingerprint density at radius 3 is 2.38 bits per heavy atom. The van der Waals surface area contributed by atoms with Crippen LogP contribution >= 0.6 is 0 Å². The Balaban J connectivity index is 1.48. The first-order valence-corrected chi connectivity index (χ1v) is 11.5. The second-order valence-corrected chi connectivity index (χ2v) is 9.39. The topological polar surface area (TPSA) is 69.7 Å². The first-order valence-electron chi connectivity index (χ1n) is 10.0. The summed E-state index contributed by atoms with van der Waals surface area (Å²) in [5.41, 5.74) is 2.92. The van der Waals surface area contributed by atoms with E-state index in [1.165, 1.54) is 9.87 Å². The smallest absolute Gasteiger partial charge is 0.317 e. The molecule has 1 aliphatic rings. The number of hydrogen-bond acceptors (Lipinski definition) is 3. The molecule has 1 fully saturated rings. The Hall–Kier alpha value is -2.38. The van der Waals surface area contributed by atoms with Crippen molar-refractivity contribution in [3.8, 4) is 0 Å². The molecule has 156 valence electrons. The fraction of sp³-hybridized carbons (Fsp3) is 0.409. The number of piperazine rings is 1. The fourth-order valence-corrected chi connectivity index (χ4v) is 5.23. The molecule has 1 N–H and O–H groups in total. The monoisotopic (exact) mass is 415 g/mol. The minimum Gasteiger partial charge on any atom is -0.338 e. The molecule has 2 aromatic carbocycles. The summed E-state index contributed by atoms with van der Waals surface area (Å²) in [6.45, 7) is 5.72. The van der Waals surface area contributed by atoms with E-state index in [1.54, 1.807) is 11.0 Å². The van der Waals surface area contributed by atoms with Gasteiger partial charge >= 0.3 is 6.03 Å². The van der Waals surface area contributed by atoms with E-state index in [1.807, 2.05) is 44.2 Å². The van der Waals surface area contributed by atoms with Gasteiger partial charge in [-0.3, -0.25) is 0 Å². The van der Waals surface area contributed by atoms with Gasteiger partial charge in [0.25, 0.3) is 0 Å². The Morgan fingerprint density at radius 2 is 1.69 bits per heavy atom. The zero-order chi connectivity index (χ0) is 20.9. The van der Waals surface area contributed by atoms with Crippen LogP contribution in [0.15, 0.2) is 53.4 Å². The maximum atomic E-state index is 13.0. The lowest BCUT2D eigenvalue weighted by Crippen LogP contribution is -2.53. The van der Waals surface area contributed by atoms with Crippen LogP contribution in [0.4, 0.5) is 4.79 Å². The lowest BCUT2D eigenvalue weighted by molar-refractivity contribution is 0.172. The zero-order valence-corrected chi connectivity index (χ0v) is 17.9. The van der Waals surface area contributed by atoms with E-state index >= 15 is 0 Å². The number of carbonyl (C=O) groups excluding carboxylic acids is 1. The number of carbonyl (C=O) groups is 1. The van der Waals surface area contributed by atoms with Gasteiger partial charge in [-0.1, -0.05) is 42.5 Å². The molecule has 3 rings (SSSR count). The van der Waals surface area contributed by atoms with Crippen molar-refractivity contribution >= 4 is 16.1 Å². The van der Waals surface area contributed by atoms with Crippen molar-refractivity contribution in [2.45, 2.75) is 31.6 Å². The molecule has 0 radical (unpaired) electrons. The molecule has 1 aliphatic heterocycles. The molecule has 2 amide bonds. The second kappa shape index (κ2) is 9.41. The predicted molar refractivity (Wildman–Crippen MR) is 114 cm³/mol. The van der Waals surface area contributed by atoms with Crippen molar-refractivity contribution in [2.24, 2.45) is 0 Å². The summed E-state index contributed by atoms with van der Waals surface area (Å²) >= 11 is 0. The maximum Gasteiger partial charge on any atom is 0.317 e. The highest BCUT2D eigenvalue weighted by Gasteiger charge is 2.31. The highest BCUT2D eigenvalue weighted by atomic mass is 32.2. The number of aryl methyl sites for hydroxylation is 3. The zero-order valence-electron chi connectivity index (χ0n) is 17.1. The largest absolute Gasteiger partial charge is 0.338 e. The first-order chi connectivity index (χ1) is 13.9. The molecular formula is C22H29N3O3S. The summed E-state index contributed by atoms with van der Waals surface area (Å²) in [7, 11) is -3.54. The molecule has 1 heterocycles. The summed E-state index contributed by atoms with van der Waals surface area (Å²) in [5, 5.41) is 2.94. The van der Waals surface area contributed by atoms with Crippen molar-refractivity contribution in [1.82, 2.24) is 14.5 Å². The quantitative estimate of drug-likeness (QED) is 0.738. The van der Waals surface area contributed by atoms with Gasteiger partial charge in [-0.15, -0.1) is 0 Å². The van der Waals surface area contributed by atoms with Crippen LogP contribution in [0.3, 0.4) is 0 Å². The highest BCUT2D eigenvalue weighted by molar-refractivity contribution is 7.89. The number of sulfonamides is 1. The first kappa shape index (κ1) is 21.3. The van der Waals surface area contributed by atoms with E-state index in [-0.39, 0.29) is 6.03 Å². The molecule has 6 nitrogen and oxygen atoms in total. The maximum absolute atomic E-state index is 13.0. The summed E-state index contributed by atoms with van der Waals surface area (Å²) in [4.78, 5) is 14.4. The number of nitrogens with one attached hydrogen (secondary N) is 1. The number of benzene rings is 2. The average Bonchev–Trinajstić information content (AvgIpc) is 2.73. The number of rotatable bonds is 6. The van der Waals surface area contributed by atoms with E-state index in [0.717, 1.165) is 24.0 Å². The van der Waals surface area contributed by atoms with Crippen LogP contribution in [0.1, 0.15) is 23.1 Å². The lowest BCUT2D eigenvalue weighted by Gasteiger charge is -2.34. The average molecular weight is 416 g/mol. The molecular weight excluding hydrogens is 386 g/mol. The standard InChI is InChI=1S/C22H29N3O3S/c1-18-10-11-19(2)21(17-18)29(27,28)25-15-13-24(14-16-25)22(26)23-12-6-9-20-7-4-3-5-8-20/h3-5,7-8,10-11,17H,6,9,12-16H2,1-2H3,(H,23,26). The van der Waals surface area contributed by atoms with Crippen molar-refractivity contribution in [3.63, 3.8) is 0 Å². The SMILES string of the molecule is Cc1ccc(C)c(S(=O)(=O)N2CCN(C(=O)NCCCc3ccccc3)CC2)c1. The molecule has 2 aromatic rings. The minimum atomic E-state index is -3.54. The van der Waals surface area contributed by atoms with Crippen LogP contribution in [-0.2, 0) is 16.4 Å². The Kier molecular flexibility index (Phi) is 6.92. The van der Waals surface area contributed by atoms with E-state index in [2.05, 4.69) is 17.4 Å². The second-order valence-electron chi connectivity index (χ2n) is 7.48. The van der Waals surface area contributed by atoms with Gasteiger partial charge in [-0.25, -0.2) is 13.2 Å². The Labute approximate surface area is 173 Å². The molecule has 29 heavy (non-hydrogen) atoms. The van der Waals surface area contributed by atoms with Crippen LogP contribution in [0, 0.1) is 13.8 Å². The van der Waals surface area contributed by atoms with Crippen LogP contribution in [-0.4, -0.2) is 56.4 Å². The van der Waals surface area contributed by atoms with E-state index < -0.39 is 10.0 Å². The summed E-state index contributed by atoms with van der Waals surface area (Å²) in [6, 6.07) is 15.5. The number of nitrogens with zero attached hydrogens (tertiary/aromatic N) is 2. The van der Waals surface area contributed by atoms with Gasteiger partial charge < -0.3 is 10.2 Å². The molecule has 0 saturated carbocycles. The number of urea groups is 1. The fourth-order valence-electron chi connectivity index (χ4n) is 3.50. The van der Waals surface area contributed by atoms with Crippen molar-refractivity contribution in [3.05, 3.63) is 65.2 Å². The van der Waals surface area contributed by atoms with Crippen molar-refractivity contribution in [2.75, 3.05) is 32.7 Å². The summed E-state index contributed by atoms with van der Waals surface area (Å²) < 4.78 is 27.5. The highest BCUT2D eigenvalue weighted by Crippen LogP contribution is 2.22. The summed E-state index contributed by atoms with van der Waals surface area (Å²) in [5.74, 6) is 0. The minimum absolute atomic E-state index is 0.123. The summed E-state index contributed by atoms with van der Waals surface area (Å²) in [6.07, 6.45) is 1.79. The molecule has 1 saturated heterocycles. The number of amides is 2. The third-order valence-electron chi connectivity index (χ3n) is 5.25. The van der Waals surface area contributed by atoms with Gasteiger partial charge in [-0.05, 0) is 49.4 Å². The van der Waals surface area contributed by atoms with Crippen LogP contribution in [0.5, 0.6) is 0 Å². The normalized spacial score (nSPS) is 15.3. The van der Waals surface area contributed by atoms with Crippen LogP contribution in [0.2, 0.25) is 0 Å². The molecule has 0 aliphatic carbocycles. The third-order valence-corrected chi connectivity index (χ3v) is 7.29. The van der Waals surface area contributed by atoms with Crippen LogP contribution < -0.4 is 5.32 Å². The van der Waals surface area contributed by atoms with E-state index in [9.17, 15) is 13.2 Å².